The van der Waals surface area contributed by atoms with Gasteiger partial charge in [-0.05, 0) is 26.2 Å². The Labute approximate surface area is 130 Å². The van der Waals surface area contributed by atoms with Crippen molar-refractivity contribution in [2.45, 2.75) is 71.5 Å². The van der Waals surface area contributed by atoms with Crippen LogP contribution in [0, 0.1) is 0 Å². The number of aromatic nitrogens is 5. The highest BCUT2D eigenvalue weighted by Gasteiger charge is 2.18. The summed E-state index contributed by atoms with van der Waals surface area (Å²) in [4.78, 5) is 4.45. The van der Waals surface area contributed by atoms with Crippen LogP contribution in [0.15, 0.2) is 4.52 Å². The van der Waals surface area contributed by atoms with E-state index in [1.54, 1.807) is 0 Å². The summed E-state index contributed by atoms with van der Waals surface area (Å²) in [5.74, 6) is 3.54. The van der Waals surface area contributed by atoms with Crippen molar-refractivity contribution in [1.29, 1.82) is 0 Å². The van der Waals surface area contributed by atoms with Gasteiger partial charge in [0.1, 0.15) is 11.6 Å². The number of hydrogen-bond donors (Lipinski definition) is 1. The zero-order valence-corrected chi connectivity index (χ0v) is 13.4. The van der Waals surface area contributed by atoms with Crippen molar-refractivity contribution in [2.24, 2.45) is 0 Å². The fraction of sp³-hybridized carbons (Fsp3) is 0.733. The summed E-state index contributed by atoms with van der Waals surface area (Å²) >= 11 is 0. The van der Waals surface area contributed by atoms with Crippen LogP contribution in [0.1, 0.15) is 68.9 Å². The Balaban J connectivity index is 1.56. The Hall–Kier alpha value is -1.76. The molecule has 0 bridgehead atoms. The number of hydrogen-bond acceptors (Lipinski definition) is 6. The van der Waals surface area contributed by atoms with Gasteiger partial charge in [-0.2, -0.15) is 4.98 Å². The summed E-state index contributed by atoms with van der Waals surface area (Å²) in [6.45, 7) is 5.88. The third kappa shape index (κ3) is 3.35. The van der Waals surface area contributed by atoms with E-state index in [0.717, 1.165) is 49.7 Å². The average molecular weight is 304 g/mol. The van der Waals surface area contributed by atoms with E-state index in [-0.39, 0.29) is 6.04 Å². The first-order valence-corrected chi connectivity index (χ1v) is 8.24. The molecule has 0 spiro atoms. The van der Waals surface area contributed by atoms with Gasteiger partial charge in [0, 0.05) is 19.4 Å². The predicted octanol–water partition coefficient (Wildman–Crippen LogP) is 2.19. The maximum atomic E-state index is 5.34. The predicted molar refractivity (Wildman–Crippen MR) is 81.1 cm³/mol. The molecule has 0 saturated heterocycles. The summed E-state index contributed by atoms with van der Waals surface area (Å²) in [5.41, 5.74) is 0. The second-order valence-corrected chi connectivity index (χ2v) is 5.90. The molecule has 1 atom stereocenters. The third-order valence-electron chi connectivity index (χ3n) is 4.11. The van der Waals surface area contributed by atoms with Gasteiger partial charge in [0.15, 0.2) is 5.82 Å². The highest BCUT2D eigenvalue weighted by atomic mass is 16.5. The zero-order valence-electron chi connectivity index (χ0n) is 13.4. The van der Waals surface area contributed by atoms with Gasteiger partial charge in [-0.3, -0.25) is 5.32 Å². The lowest BCUT2D eigenvalue weighted by Gasteiger charge is -2.15. The molecule has 120 valence electrons. The number of fused-ring (bicyclic) bond motifs is 1. The topological polar surface area (TPSA) is 81.7 Å². The molecule has 0 radical (unpaired) electrons. The summed E-state index contributed by atoms with van der Waals surface area (Å²) < 4.78 is 7.57. The Morgan fingerprint density at radius 1 is 1.32 bits per heavy atom. The van der Waals surface area contributed by atoms with E-state index in [9.17, 15) is 0 Å². The molecule has 0 aromatic carbocycles. The van der Waals surface area contributed by atoms with Crippen LogP contribution in [-0.4, -0.2) is 24.9 Å². The summed E-state index contributed by atoms with van der Waals surface area (Å²) in [6, 6.07) is 0.0133. The minimum atomic E-state index is 0.0133. The average Bonchev–Trinajstić information content (AvgIpc) is 3.18. The van der Waals surface area contributed by atoms with Crippen LogP contribution in [0.5, 0.6) is 0 Å². The molecule has 22 heavy (non-hydrogen) atoms. The van der Waals surface area contributed by atoms with E-state index in [1.807, 2.05) is 6.92 Å². The fourth-order valence-corrected chi connectivity index (χ4v) is 2.71. The van der Waals surface area contributed by atoms with E-state index in [1.165, 1.54) is 12.8 Å². The maximum Gasteiger partial charge on any atom is 0.243 e. The van der Waals surface area contributed by atoms with Crippen molar-refractivity contribution in [1.82, 2.24) is 30.2 Å². The summed E-state index contributed by atoms with van der Waals surface area (Å²) in [7, 11) is 0. The van der Waals surface area contributed by atoms with E-state index in [0.29, 0.717) is 12.4 Å². The van der Waals surface area contributed by atoms with Crippen LogP contribution >= 0.6 is 0 Å². The smallest absolute Gasteiger partial charge is 0.243 e. The fourth-order valence-electron chi connectivity index (χ4n) is 2.71. The van der Waals surface area contributed by atoms with Crippen LogP contribution in [0.25, 0.3) is 0 Å². The Morgan fingerprint density at radius 3 is 3.09 bits per heavy atom. The van der Waals surface area contributed by atoms with E-state index in [4.69, 9.17) is 4.52 Å². The number of aryl methyl sites for hydroxylation is 2. The number of unbranched alkanes of at least 4 members (excludes halogenated alkanes) is 1. The van der Waals surface area contributed by atoms with Gasteiger partial charge < -0.3 is 9.09 Å². The molecule has 2 aromatic rings. The molecule has 7 heteroatoms. The maximum absolute atomic E-state index is 5.34. The van der Waals surface area contributed by atoms with Gasteiger partial charge in [0.05, 0.1) is 12.6 Å². The molecule has 0 aliphatic carbocycles. The highest BCUT2D eigenvalue weighted by Crippen LogP contribution is 2.16. The van der Waals surface area contributed by atoms with Crippen molar-refractivity contribution < 1.29 is 4.52 Å². The van der Waals surface area contributed by atoms with Gasteiger partial charge >= 0.3 is 0 Å². The van der Waals surface area contributed by atoms with Crippen molar-refractivity contribution in [3.05, 3.63) is 23.4 Å². The summed E-state index contributed by atoms with van der Waals surface area (Å²) in [6.07, 6.45) is 6.56. The monoisotopic (exact) mass is 304 g/mol. The molecule has 0 amide bonds. The van der Waals surface area contributed by atoms with Crippen LogP contribution < -0.4 is 5.32 Å². The molecule has 3 rings (SSSR count). The standard InChI is InChI=1S/C15H24N6O/c1-3-4-7-12-17-15(22-20-12)11(2)16-10-14-19-18-13-8-5-6-9-21(13)14/h11,16H,3-10H2,1-2H3. The molecule has 1 aliphatic heterocycles. The number of rotatable bonds is 7. The molecule has 1 unspecified atom stereocenters. The van der Waals surface area contributed by atoms with Crippen molar-refractivity contribution in [3.63, 3.8) is 0 Å². The van der Waals surface area contributed by atoms with E-state index in [2.05, 4.69) is 37.1 Å². The van der Waals surface area contributed by atoms with Gasteiger partial charge in [-0.1, -0.05) is 18.5 Å². The first kappa shape index (κ1) is 15.1. The van der Waals surface area contributed by atoms with Crippen LogP contribution in [0.3, 0.4) is 0 Å². The zero-order chi connectivity index (χ0) is 15.4. The van der Waals surface area contributed by atoms with Crippen LogP contribution in [-0.2, 0) is 25.9 Å². The Kier molecular flexibility index (Phi) is 4.82. The highest BCUT2D eigenvalue weighted by molar-refractivity contribution is 4.99. The minimum Gasteiger partial charge on any atom is -0.338 e. The summed E-state index contributed by atoms with van der Waals surface area (Å²) in [5, 5.41) is 16.0. The lowest BCUT2D eigenvalue weighted by Crippen LogP contribution is -2.22. The lowest BCUT2D eigenvalue weighted by atomic mass is 10.2. The van der Waals surface area contributed by atoms with E-state index < -0.39 is 0 Å². The Bertz CT molecular complexity index is 605. The van der Waals surface area contributed by atoms with Gasteiger partial charge in [0.25, 0.3) is 0 Å². The Morgan fingerprint density at radius 2 is 2.23 bits per heavy atom. The largest absolute Gasteiger partial charge is 0.338 e. The minimum absolute atomic E-state index is 0.0133. The normalized spacial score (nSPS) is 15.7. The van der Waals surface area contributed by atoms with Crippen LogP contribution in [0.4, 0.5) is 0 Å². The second kappa shape index (κ2) is 7.00. The van der Waals surface area contributed by atoms with Crippen molar-refractivity contribution in [3.8, 4) is 0 Å². The molecule has 1 N–H and O–H groups in total. The lowest BCUT2D eigenvalue weighted by molar-refractivity contribution is 0.333. The molecule has 0 fully saturated rings. The molecule has 0 saturated carbocycles. The van der Waals surface area contributed by atoms with Gasteiger partial charge in [-0.25, -0.2) is 0 Å². The quantitative estimate of drug-likeness (QED) is 0.844. The number of nitrogens with one attached hydrogen (secondary N) is 1. The molecule has 2 aromatic heterocycles. The van der Waals surface area contributed by atoms with Gasteiger partial charge in [0.2, 0.25) is 5.89 Å². The first-order chi connectivity index (χ1) is 10.8. The SMILES string of the molecule is CCCCc1noc(C(C)NCc2nnc3n2CCCC3)n1. The van der Waals surface area contributed by atoms with Crippen molar-refractivity contribution >= 4 is 0 Å². The molecular formula is C15H24N6O. The van der Waals surface area contributed by atoms with Crippen molar-refractivity contribution in [2.75, 3.05) is 0 Å². The van der Waals surface area contributed by atoms with Gasteiger partial charge in [-0.15, -0.1) is 10.2 Å². The molecular weight excluding hydrogens is 280 g/mol. The molecule has 1 aliphatic rings. The molecule has 7 nitrogen and oxygen atoms in total. The third-order valence-corrected chi connectivity index (χ3v) is 4.11. The number of nitrogens with zero attached hydrogens (tertiary/aromatic N) is 5. The van der Waals surface area contributed by atoms with Crippen LogP contribution in [0.2, 0.25) is 0 Å². The first-order valence-electron chi connectivity index (χ1n) is 8.24. The second-order valence-electron chi connectivity index (χ2n) is 5.90. The van der Waals surface area contributed by atoms with E-state index >= 15 is 0 Å². The molecule has 3 heterocycles.